The number of benzene rings is 1. The highest BCUT2D eigenvalue weighted by molar-refractivity contribution is 7.91. The molecule has 1 aromatic carbocycles. The zero-order chi connectivity index (χ0) is 20.2. The van der Waals surface area contributed by atoms with Gasteiger partial charge >= 0.3 is 6.03 Å². The van der Waals surface area contributed by atoms with Crippen molar-refractivity contribution in [1.82, 2.24) is 9.78 Å². The minimum atomic E-state index is -3.55. The van der Waals surface area contributed by atoms with E-state index in [0.717, 1.165) is 55.3 Å². The van der Waals surface area contributed by atoms with E-state index in [2.05, 4.69) is 20.8 Å². The zero-order valence-electron chi connectivity index (χ0n) is 15.9. The lowest BCUT2D eigenvalue weighted by Gasteiger charge is -2.20. The maximum Gasteiger partial charge on any atom is 0.354 e. The van der Waals surface area contributed by atoms with Crippen LogP contribution in [0.4, 0.5) is 10.5 Å². The number of hydrogen-bond donors (Lipinski definition) is 3. The van der Waals surface area contributed by atoms with Gasteiger partial charge in [0.1, 0.15) is 17.6 Å². The fourth-order valence-electron chi connectivity index (χ4n) is 4.53. The molecule has 3 aliphatic rings. The molecule has 0 spiro atoms. The first-order valence-corrected chi connectivity index (χ1v) is 11.4. The number of amides is 2. The summed E-state index contributed by atoms with van der Waals surface area (Å²) in [5.74, 6) is 0.181. The first-order valence-electron chi connectivity index (χ1n) is 9.81. The number of hydrogen-bond acceptors (Lipinski definition) is 5. The van der Waals surface area contributed by atoms with E-state index < -0.39 is 22.1 Å². The molecule has 0 unspecified atom stereocenters. The van der Waals surface area contributed by atoms with Gasteiger partial charge < -0.3 is 15.2 Å². The Morgan fingerprint density at radius 3 is 2.66 bits per heavy atom. The molecule has 2 heterocycles. The fourth-order valence-corrected chi connectivity index (χ4v) is 5.53. The third kappa shape index (κ3) is 3.21. The van der Waals surface area contributed by atoms with Gasteiger partial charge in [0.25, 0.3) is 0 Å². The molecule has 0 radical (unpaired) electrons. The number of anilines is 1. The molecule has 1 aliphatic heterocycles. The van der Waals surface area contributed by atoms with Gasteiger partial charge in [0.2, 0.25) is 5.88 Å². The number of aliphatic hydroxyl groups is 1. The summed E-state index contributed by atoms with van der Waals surface area (Å²) in [5, 5.41) is 22.5. The highest BCUT2D eigenvalue weighted by Gasteiger charge is 2.28. The second kappa shape index (κ2) is 6.82. The maximum atomic E-state index is 13.0. The van der Waals surface area contributed by atoms with Crippen molar-refractivity contribution in [3.8, 4) is 5.88 Å². The van der Waals surface area contributed by atoms with E-state index in [0.29, 0.717) is 0 Å². The number of aryl methyl sites for hydroxylation is 2. The number of aromatic nitrogens is 2. The van der Waals surface area contributed by atoms with Crippen LogP contribution in [-0.4, -0.2) is 37.8 Å². The number of urea groups is 1. The van der Waals surface area contributed by atoms with Crippen molar-refractivity contribution in [1.29, 1.82) is 0 Å². The van der Waals surface area contributed by atoms with Gasteiger partial charge in [-0.2, -0.15) is 5.10 Å². The third-order valence-electron chi connectivity index (χ3n) is 5.79. The maximum absolute atomic E-state index is 13.0. The van der Waals surface area contributed by atoms with Crippen LogP contribution in [0.3, 0.4) is 0 Å². The minimum absolute atomic E-state index is 0.0443. The fraction of sp³-hybridized carbons (Fsp3) is 0.474. The third-order valence-corrected chi connectivity index (χ3v) is 7.14. The molecule has 0 fully saturated rings. The SMILES string of the molecule is N[S@](=O)(=NC(=O)Nc1c2c(cc3c1CCC3)CCC2)c1cnn2c1OC[C@@H](O)C2. The molecule has 0 saturated carbocycles. The van der Waals surface area contributed by atoms with E-state index in [9.17, 15) is 14.1 Å². The molecular weight excluding hydrogens is 394 g/mol. The van der Waals surface area contributed by atoms with Crippen molar-refractivity contribution < 1.29 is 18.8 Å². The molecule has 2 atom stereocenters. The number of ether oxygens (including phenoxy) is 1. The Morgan fingerprint density at radius 2 is 1.97 bits per heavy atom. The summed E-state index contributed by atoms with van der Waals surface area (Å²) < 4.78 is 23.6. The van der Waals surface area contributed by atoms with Crippen molar-refractivity contribution in [2.45, 2.75) is 56.1 Å². The van der Waals surface area contributed by atoms with Gasteiger partial charge in [0.05, 0.1) is 12.7 Å². The molecule has 29 heavy (non-hydrogen) atoms. The molecule has 2 aliphatic carbocycles. The number of rotatable bonds is 2. The summed E-state index contributed by atoms with van der Waals surface area (Å²) in [5.41, 5.74) is 5.72. The van der Waals surface area contributed by atoms with E-state index in [-0.39, 0.29) is 23.9 Å². The molecule has 2 aromatic rings. The average Bonchev–Trinajstić information content (AvgIpc) is 3.39. The molecule has 0 bridgehead atoms. The highest BCUT2D eigenvalue weighted by atomic mass is 32.2. The van der Waals surface area contributed by atoms with Crippen LogP contribution in [0.2, 0.25) is 0 Å². The Balaban J connectivity index is 1.47. The van der Waals surface area contributed by atoms with E-state index in [1.807, 2.05) is 0 Å². The highest BCUT2D eigenvalue weighted by Crippen LogP contribution is 2.38. The number of fused-ring (bicyclic) bond motifs is 3. The summed E-state index contributed by atoms with van der Waals surface area (Å²) in [4.78, 5) is 12.8. The molecule has 1 aromatic heterocycles. The quantitative estimate of drug-likeness (QED) is 0.682. The Bertz CT molecular complexity index is 1100. The van der Waals surface area contributed by atoms with Crippen LogP contribution in [0.25, 0.3) is 0 Å². The average molecular weight is 417 g/mol. The monoisotopic (exact) mass is 417 g/mol. The van der Waals surface area contributed by atoms with Crippen molar-refractivity contribution in [3.63, 3.8) is 0 Å². The van der Waals surface area contributed by atoms with Crippen LogP contribution >= 0.6 is 0 Å². The number of nitrogens with one attached hydrogen (secondary N) is 1. The number of nitrogens with two attached hydrogens (primary N) is 1. The van der Waals surface area contributed by atoms with Gasteiger partial charge in [-0.25, -0.2) is 18.8 Å². The smallest absolute Gasteiger partial charge is 0.354 e. The summed E-state index contributed by atoms with van der Waals surface area (Å²) in [6.45, 7) is 0.252. The van der Waals surface area contributed by atoms with Crippen LogP contribution in [0, 0.1) is 0 Å². The minimum Gasteiger partial charge on any atom is -0.474 e. The van der Waals surface area contributed by atoms with E-state index in [1.165, 1.54) is 22.0 Å². The standard InChI is InChI=1S/C19H23N5O4S/c20-29(27,16-8-21-24-9-13(25)10-28-18(16)24)23-19(26)22-17-14-5-1-3-11(14)7-12-4-2-6-15(12)17/h7-8,13,25H,1-6,9-10H2,(H3,20,22,23,26,27)/t13-,29-/m0/s1. The molecule has 5 rings (SSSR count). The van der Waals surface area contributed by atoms with Crippen molar-refractivity contribution >= 4 is 21.6 Å². The van der Waals surface area contributed by atoms with Crippen LogP contribution in [0.15, 0.2) is 21.5 Å². The number of carbonyl (C=O) groups excluding carboxylic acids is 1. The normalized spacial score (nSPS) is 21.5. The Hall–Kier alpha value is -2.43. The van der Waals surface area contributed by atoms with Gasteiger partial charge in [-0.05, 0) is 60.8 Å². The van der Waals surface area contributed by atoms with Crippen molar-refractivity contribution in [2.24, 2.45) is 9.50 Å². The summed E-state index contributed by atoms with van der Waals surface area (Å²) in [6.07, 6.45) is 6.59. The molecule has 9 nitrogen and oxygen atoms in total. The lowest BCUT2D eigenvalue weighted by molar-refractivity contribution is 0.0538. The zero-order valence-corrected chi connectivity index (χ0v) is 16.7. The number of nitrogens with zero attached hydrogens (tertiary/aromatic N) is 3. The number of carbonyl (C=O) groups is 1. The van der Waals surface area contributed by atoms with Crippen LogP contribution < -0.4 is 15.2 Å². The van der Waals surface area contributed by atoms with Gasteiger partial charge in [-0.3, -0.25) is 0 Å². The Kier molecular flexibility index (Phi) is 4.37. The van der Waals surface area contributed by atoms with Crippen LogP contribution in [0.5, 0.6) is 5.88 Å². The van der Waals surface area contributed by atoms with E-state index >= 15 is 0 Å². The van der Waals surface area contributed by atoms with Gasteiger partial charge in [-0.15, -0.1) is 4.36 Å². The van der Waals surface area contributed by atoms with Gasteiger partial charge in [0, 0.05) is 5.69 Å². The lowest BCUT2D eigenvalue weighted by atomic mass is 9.99. The second-order valence-corrected chi connectivity index (χ2v) is 9.54. The molecular formula is C19H23N5O4S. The Labute approximate surface area is 168 Å². The van der Waals surface area contributed by atoms with Gasteiger partial charge in [0.15, 0.2) is 9.92 Å². The molecule has 2 amide bonds. The van der Waals surface area contributed by atoms with E-state index in [4.69, 9.17) is 9.88 Å². The second-order valence-electron chi connectivity index (χ2n) is 7.79. The van der Waals surface area contributed by atoms with Crippen molar-refractivity contribution in [3.05, 3.63) is 34.5 Å². The molecule has 154 valence electrons. The van der Waals surface area contributed by atoms with E-state index in [1.54, 1.807) is 0 Å². The summed E-state index contributed by atoms with van der Waals surface area (Å²) >= 11 is 0. The van der Waals surface area contributed by atoms with Gasteiger partial charge in [-0.1, -0.05) is 6.07 Å². The molecule has 0 saturated heterocycles. The topological polar surface area (TPSA) is 132 Å². The predicted molar refractivity (Wildman–Crippen MR) is 106 cm³/mol. The largest absolute Gasteiger partial charge is 0.474 e. The predicted octanol–water partition coefficient (Wildman–Crippen LogP) is 1.55. The molecule has 4 N–H and O–H groups in total. The first-order chi connectivity index (χ1) is 13.9. The van der Waals surface area contributed by atoms with Crippen LogP contribution in [0.1, 0.15) is 35.1 Å². The Morgan fingerprint density at radius 1 is 1.28 bits per heavy atom. The van der Waals surface area contributed by atoms with Crippen molar-refractivity contribution in [2.75, 3.05) is 11.9 Å². The first kappa shape index (κ1) is 18.6. The van der Waals surface area contributed by atoms with Crippen LogP contribution in [-0.2, 0) is 42.1 Å². The summed E-state index contributed by atoms with van der Waals surface area (Å²) in [7, 11) is -3.55. The molecule has 10 heteroatoms. The summed E-state index contributed by atoms with van der Waals surface area (Å²) in [6, 6.07) is 1.54. The number of aliphatic hydroxyl groups excluding tert-OH is 1. The lowest BCUT2D eigenvalue weighted by Crippen LogP contribution is -2.30.